The van der Waals surface area contributed by atoms with E-state index in [1.807, 2.05) is 0 Å². The number of nitrogens with zero attached hydrogens (tertiary/aromatic N) is 2. The maximum absolute atomic E-state index is 10.6. The number of carbonyl (C=O) groups is 1. The molecule has 1 heterocycles. The van der Waals surface area contributed by atoms with Crippen molar-refractivity contribution in [1.29, 1.82) is 0 Å². The van der Waals surface area contributed by atoms with E-state index in [1.165, 1.54) is 32.5 Å². The normalized spacial score (nSPS) is 18.4. The van der Waals surface area contributed by atoms with E-state index in [1.54, 1.807) is 0 Å². The Balaban J connectivity index is 2.39. The molecule has 0 spiro atoms. The highest BCUT2D eigenvalue weighted by Gasteiger charge is 2.26. The van der Waals surface area contributed by atoms with E-state index in [2.05, 4.69) is 37.5 Å². The van der Waals surface area contributed by atoms with Crippen LogP contribution in [-0.4, -0.2) is 59.1 Å². The van der Waals surface area contributed by atoms with Crippen molar-refractivity contribution in [3.05, 3.63) is 0 Å². The molecule has 1 fully saturated rings. The zero-order valence-electron chi connectivity index (χ0n) is 13.6. The van der Waals surface area contributed by atoms with Gasteiger partial charge in [0.15, 0.2) is 0 Å². The lowest BCUT2D eigenvalue weighted by atomic mass is 10.00. The number of piperidine rings is 1. The molecule has 0 amide bonds. The van der Waals surface area contributed by atoms with Gasteiger partial charge in [-0.15, -0.1) is 0 Å². The molecule has 1 rings (SSSR count). The van der Waals surface area contributed by atoms with Crippen LogP contribution in [0.3, 0.4) is 0 Å². The average molecular weight is 284 g/mol. The molecule has 1 N–H and O–H groups in total. The Kier molecular flexibility index (Phi) is 7.52. The summed E-state index contributed by atoms with van der Waals surface area (Å²) in [6.07, 6.45) is 3.49. The van der Waals surface area contributed by atoms with E-state index >= 15 is 0 Å². The van der Waals surface area contributed by atoms with Gasteiger partial charge in [-0.05, 0) is 58.7 Å². The molecule has 0 atom stereocenters. The highest BCUT2D eigenvalue weighted by atomic mass is 16.4. The Hall–Kier alpha value is -0.610. The van der Waals surface area contributed by atoms with Crippen LogP contribution in [0.2, 0.25) is 0 Å². The van der Waals surface area contributed by atoms with Crippen molar-refractivity contribution in [2.75, 3.05) is 26.2 Å². The second-order valence-electron chi connectivity index (χ2n) is 6.75. The van der Waals surface area contributed by atoms with Gasteiger partial charge in [-0.1, -0.05) is 13.8 Å². The van der Waals surface area contributed by atoms with Crippen LogP contribution in [0.25, 0.3) is 0 Å². The molecule has 0 radical (unpaired) electrons. The molecule has 4 heteroatoms. The number of likely N-dealkylation sites (tertiary alicyclic amines) is 1. The van der Waals surface area contributed by atoms with Gasteiger partial charge in [-0.2, -0.15) is 0 Å². The van der Waals surface area contributed by atoms with Gasteiger partial charge >= 0.3 is 5.97 Å². The lowest BCUT2D eigenvalue weighted by molar-refractivity contribution is -0.137. The predicted molar refractivity (Wildman–Crippen MR) is 83.0 cm³/mol. The minimum absolute atomic E-state index is 0.287. The second kappa shape index (κ2) is 8.63. The van der Waals surface area contributed by atoms with Crippen LogP contribution in [0.5, 0.6) is 0 Å². The topological polar surface area (TPSA) is 43.8 Å². The Morgan fingerprint density at radius 3 is 2.30 bits per heavy atom. The summed E-state index contributed by atoms with van der Waals surface area (Å²) in [6.45, 7) is 13.5. The first kappa shape index (κ1) is 17.4. The van der Waals surface area contributed by atoms with Crippen LogP contribution in [0, 0.1) is 5.92 Å². The first-order valence-corrected chi connectivity index (χ1v) is 8.10. The fraction of sp³-hybridized carbons (Fsp3) is 0.938. The van der Waals surface area contributed by atoms with Crippen LogP contribution in [0.4, 0.5) is 0 Å². The predicted octanol–water partition coefficient (Wildman–Crippen LogP) is 2.68. The van der Waals surface area contributed by atoms with E-state index in [9.17, 15) is 4.79 Å². The second-order valence-corrected chi connectivity index (χ2v) is 6.75. The van der Waals surface area contributed by atoms with E-state index in [0.717, 1.165) is 18.9 Å². The van der Waals surface area contributed by atoms with Gasteiger partial charge < -0.3 is 10.0 Å². The van der Waals surface area contributed by atoms with Crippen LogP contribution in [-0.2, 0) is 4.79 Å². The fourth-order valence-corrected chi connectivity index (χ4v) is 3.23. The van der Waals surface area contributed by atoms with Crippen molar-refractivity contribution >= 4 is 5.97 Å². The minimum Gasteiger partial charge on any atom is -0.481 e. The molecule has 0 bridgehead atoms. The van der Waals surface area contributed by atoms with Crippen molar-refractivity contribution in [1.82, 2.24) is 9.80 Å². The van der Waals surface area contributed by atoms with Gasteiger partial charge in [-0.3, -0.25) is 9.69 Å². The molecule has 0 aliphatic carbocycles. The van der Waals surface area contributed by atoms with Gasteiger partial charge in [0.1, 0.15) is 0 Å². The smallest absolute Gasteiger partial charge is 0.303 e. The zero-order chi connectivity index (χ0) is 15.1. The molecule has 1 aliphatic rings. The lowest BCUT2D eigenvalue weighted by Crippen LogP contribution is -2.48. The Morgan fingerprint density at radius 2 is 1.85 bits per heavy atom. The third kappa shape index (κ3) is 6.23. The molecular weight excluding hydrogens is 252 g/mol. The summed E-state index contributed by atoms with van der Waals surface area (Å²) in [5.74, 6) is 0.0591. The molecule has 0 aromatic carbocycles. The first-order valence-electron chi connectivity index (χ1n) is 8.10. The first-order chi connectivity index (χ1) is 9.40. The van der Waals surface area contributed by atoms with E-state index in [-0.39, 0.29) is 6.42 Å². The molecule has 0 aromatic heterocycles. The highest BCUT2D eigenvalue weighted by Crippen LogP contribution is 2.20. The molecule has 1 saturated heterocycles. The molecule has 0 unspecified atom stereocenters. The summed E-state index contributed by atoms with van der Waals surface area (Å²) in [6, 6.07) is 1.14. The third-order valence-electron chi connectivity index (χ3n) is 4.12. The van der Waals surface area contributed by atoms with Crippen molar-refractivity contribution < 1.29 is 9.90 Å². The van der Waals surface area contributed by atoms with Crippen molar-refractivity contribution in [3.8, 4) is 0 Å². The van der Waals surface area contributed by atoms with Crippen LogP contribution >= 0.6 is 0 Å². The summed E-state index contributed by atoms with van der Waals surface area (Å²) in [4.78, 5) is 15.7. The molecule has 20 heavy (non-hydrogen) atoms. The summed E-state index contributed by atoms with van der Waals surface area (Å²) in [7, 11) is 0. The zero-order valence-corrected chi connectivity index (χ0v) is 13.6. The number of rotatable bonds is 8. The van der Waals surface area contributed by atoms with Crippen molar-refractivity contribution in [2.24, 2.45) is 5.92 Å². The number of hydrogen-bond donors (Lipinski definition) is 1. The highest BCUT2D eigenvalue weighted by molar-refractivity contribution is 5.66. The van der Waals surface area contributed by atoms with Crippen LogP contribution in [0.1, 0.15) is 53.4 Å². The molecular formula is C16H32N2O2. The standard InChI is InChI=1S/C16H32N2O2/c1-13(2)12-17-10-7-15(8-11-17)18(14(3)4)9-5-6-16(19)20/h13-15H,5-12H2,1-4H3,(H,19,20). The summed E-state index contributed by atoms with van der Waals surface area (Å²) < 4.78 is 0. The van der Waals surface area contributed by atoms with Gasteiger partial charge in [0.2, 0.25) is 0 Å². The van der Waals surface area contributed by atoms with E-state index in [0.29, 0.717) is 12.1 Å². The van der Waals surface area contributed by atoms with Gasteiger partial charge in [-0.25, -0.2) is 0 Å². The minimum atomic E-state index is -0.680. The molecule has 0 aromatic rings. The fourth-order valence-electron chi connectivity index (χ4n) is 3.23. The Labute approximate surface area is 124 Å². The van der Waals surface area contributed by atoms with Crippen molar-refractivity contribution in [2.45, 2.75) is 65.5 Å². The molecule has 118 valence electrons. The number of hydrogen-bond acceptors (Lipinski definition) is 3. The summed E-state index contributed by atoms with van der Waals surface area (Å²) in [5.41, 5.74) is 0. The number of aliphatic carboxylic acids is 1. The molecule has 1 aliphatic heterocycles. The molecule has 4 nitrogen and oxygen atoms in total. The van der Waals surface area contributed by atoms with Crippen LogP contribution < -0.4 is 0 Å². The largest absolute Gasteiger partial charge is 0.481 e. The maximum Gasteiger partial charge on any atom is 0.303 e. The lowest BCUT2D eigenvalue weighted by Gasteiger charge is -2.41. The average Bonchev–Trinajstić information content (AvgIpc) is 2.34. The van der Waals surface area contributed by atoms with Gasteiger partial charge in [0, 0.05) is 25.0 Å². The van der Waals surface area contributed by atoms with E-state index < -0.39 is 5.97 Å². The summed E-state index contributed by atoms with van der Waals surface area (Å²) >= 11 is 0. The Bertz CT molecular complexity index is 284. The van der Waals surface area contributed by atoms with Crippen molar-refractivity contribution in [3.63, 3.8) is 0 Å². The monoisotopic (exact) mass is 284 g/mol. The third-order valence-corrected chi connectivity index (χ3v) is 4.12. The number of carboxylic acid groups (broad SMARTS) is 1. The maximum atomic E-state index is 10.6. The van der Waals surface area contributed by atoms with Gasteiger partial charge in [0.05, 0.1) is 0 Å². The Morgan fingerprint density at radius 1 is 1.25 bits per heavy atom. The number of carboxylic acids is 1. The quantitative estimate of drug-likeness (QED) is 0.744. The molecule has 0 saturated carbocycles. The van der Waals surface area contributed by atoms with Gasteiger partial charge in [0.25, 0.3) is 0 Å². The SMILES string of the molecule is CC(C)CN1CCC(N(CCCC(=O)O)C(C)C)CC1. The summed E-state index contributed by atoms with van der Waals surface area (Å²) in [5, 5.41) is 8.77. The van der Waals surface area contributed by atoms with E-state index in [4.69, 9.17) is 5.11 Å². The van der Waals surface area contributed by atoms with Crippen LogP contribution in [0.15, 0.2) is 0 Å².